The summed E-state index contributed by atoms with van der Waals surface area (Å²) >= 11 is 0. The molecule has 0 saturated heterocycles. The number of aromatic nitrogens is 1. The largest absolute Gasteiger partial charge is 0.464 e. The Kier molecular flexibility index (Phi) is 5.22. The van der Waals surface area contributed by atoms with E-state index >= 15 is 0 Å². The van der Waals surface area contributed by atoms with Crippen LogP contribution in [0.15, 0.2) is 59.2 Å². The van der Waals surface area contributed by atoms with Crippen molar-refractivity contribution < 1.29 is 18.7 Å². The van der Waals surface area contributed by atoms with E-state index in [4.69, 9.17) is 9.15 Å². The minimum absolute atomic E-state index is 0.0146. The van der Waals surface area contributed by atoms with Crippen LogP contribution in [-0.4, -0.2) is 23.6 Å². The van der Waals surface area contributed by atoms with Crippen molar-refractivity contribution in [3.8, 4) is 11.5 Å². The molecular weight excluding hydrogens is 332 g/mol. The Morgan fingerprint density at radius 3 is 2.54 bits per heavy atom. The van der Waals surface area contributed by atoms with Gasteiger partial charge in [0.15, 0.2) is 0 Å². The average molecular weight is 352 g/mol. The van der Waals surface area contributed by atoms with Gasteiger partial charge in [0.25, 0.3) is 0 Å². The summed E-state index contributed by atoms with van der Waals surface area (Å²) in [6.07, 6.45) is 1.54. The predicted molar refractivity (Wildman–Crippen MR) is 96.5 cm³/mol. The lowest BCUT2D eigenvalue weighted by atomic mass is 10.1. The highest BCUT2D eigenvalue weighted by Gasteiger charge is 2.19. The van der Waals surface area contributed by atoms with E-state index in [0.717, 1.165) is 5.56 Å². The minimum atomic E-state index is -0.505. The lowest BCUT2D eigenvalue weighted by Crippen LogP contribution is -2.28. The molecule has 134 valence electrons. The molecule has 1 aromatic carbocycles. The number of rotatable bonds is 6. The van der Waals surface area contributed by atoms with Crippen LogP contribution < -0.4 is 5.32 Å². The number of aryl methyl sites for hydroxylation is 1. The third-order valence-corrected chi connectivity index (χ3v) is 4.06. The third-order valence-electron chi connectivity index (χ3n) is 4.06. The molecule has 0 fully saturated rings. The SMILES string of the molecule is COC(=O)c1ccc(-c2ccco2)n1CC(=O)NCc1ccc(C)cc1. The average Bonchev–Trinajstić information content (AvgIpc) is 3.30. The maximum absolute atomic E-state index is 12.4. The van der Waals surface area contributed by atoms with E-state index in [9.17, 15) is 9.59 Å². The molecule has 0 saturated carbocycles. The monoisotopic (exact) mass is 352 g/mol. The van der Waals surface area contributed by atoms with Crippen LogP contribution in [0.4, 0.5) is 0 Å². The number of ether oxygens (including phenoxy) is 1. The van der Waals surface area contributed by atoms with Crippen molar-refractivity contribution in [1.82, 2.24) is 9.88 Å². The molecule has 1 N–H and O–H groups in total. The van der Waals surface area contributed by atoms with E-state index in [-0.39, 0.29) is 12.5 Å². The van der Waals surface area contributed by atoms with Crippen molar-refractivity contribution in [1.29, 1.82) is 0 Å². The third kappa shape index (κ3) is 3.85. The fourth-order valence-corrected chi connectivity index (χ4v) is 2.67. The smallest absolute Gasteiger partial charge is 0.354 e. The molecule has 2 heterocycles. The summed E-state index contributed by atoms with van der Waals surface area (Å²) in [5.41, 5.74) is 3.11. The van der Waals surface area contributed by atoms with E-state index in [0.29, 0.717) is 23.7 Å². The van der Waals surface area contributed by atoms with Gasteiger partial charge in [-0.05, 0) is 36.8 Å². The number of carbonyl (C=O) groups excluding carboxylic acids is 2. The number of methoxy groups -OCH3 is 1. The van der Waals surface area contributed by atoms with Crippen LogP contribution in [0.5, 0.6) is 0 Å². The highest BCUT2D eigenvalue weighted by molar-refractivity contribution is 5.90. The van der Waals surface area contributed by atoms with Gasteiger partial charge >= 0.3 is 5.97 Å². The quantitative estimate of drug-likeness (QED) is 0.692. The number of furan rings is 1. The highest BCUT2D eigenvalue weighted by Crippen LogP contribution is 2.23. The molecule has 0 radical (unpaired) electrons. The predicted octanol–water partition coefficient (Wildman–Crippen LogP) is 3.16. The Morgan fingerprint density at radius 2 is 1.88 bits per heavy atom. The van der Waals surface area contributed by atoms with Gasteiger partial charge in [-0.2, -0.15) is 0 Å². The maximum atomic E-state index is 12.4. The molecule has 0 bridgehead atoms. The summed E-state index contributed by atoms with van der Waals surface area (Å²) in [5.74, 6) is -0.139. The van der Waals surface area contributed by atoms with Gasteiger partial charge in [0.05, 0.1) is 19.1 Å². The van der Waals surface area contributed by atoms with Gasteiger partial charge in [-0.15, -0.1) is 0 Å². The topological polar surface area (TPSA) is 73.5 Å². The maximum Gasteiger partial charge on any atom is 0.354 e. The van der Waals surface area contributed by atoms with E-state index in [1.165, 1.54) is 12.7 Å². The second kappa shape index (κ2) is 7.74. The Balaban J connectivity index is 1.76. The molecule has 1 amide bonds. The summed E-state index contributed by atoms with van der Waals surface area (Å²) in [5, 5.41) is 2.87. The van der Waals surface area contributed by atoms with Crippen molar-refractivity contribution in [2.24, 2.45) is 0 Å². The number of benzene rings is 1. The molecule has 0 spiro atoms. The molecule has 26 heavy (non-hydrogen) atoms. The molecule has 0 atom stereocenters. The molecule has 6 nitrogen and oxygen atoms in total. The molecule has 2 aromatic heterocycles. The summed E-state index contributed by atoms with van der Waals surface area (Å²) in [4.78, 5) is 24.4. The van der Waals surface area contributed by atoms with Crippen molar-refractivity contribution in [2.45, 2.75) is 20.0 Å². The summed E-state index contributed by atoms with van der Waals surface area (Å²) in [6.45, 7) is 2.42. The molecule has 0 unspecified atom stereocenters. The van der Waals surface area contributed by atoms with Gasteiger partial charge in [0, 0.05) is 6.54 Å². The number of hydrogen-bond donors (Lipinski definition) is 1. The number of nitrogens with one attached hydrogen (secondary N) is 1. The lowest BCUT2D eigenvalue weighted by Gasteiger charge is -2.12. The Bertz CT molecular complexity index is 893. The summed E-state index contributed by atoms with van der Waals surface area (Å²) in [7, 11) is 1.31. The van der Waals surface area contributed by atoms with Gasteiger partial charge in [0.2, 0.25) is 5.91 Å². The minimum Gasteiger partial charge on any atom is -0.464 e. The van der Waals surface area contributed by atoms with Crippen molar-refractivity contribution in [2.75, 3.05) is 7.11 Å². The van der Waals surface area contributed by atoms with Gasteiger partial charge in [0.1, 0.15) is 18.0 Å². The highest BCUT2D eigenvalue weighted by atomic mass is 16.5. The molecule has 0 aliphatic carbocycles. The van der Waals surface area contributed by atoms with Crippen LogP contribution in [-0.2, 0) is 22.6 Å². The zero-order chi connectivity index (χ0) is 18.5. The zero-order valence-electron chi connectivity index (χ0n) is 14.7. The van der Waals surface area contributed by atoms with Crippen molar-refractivity contribution in [3.05, 3.63) is 71.6 Å². The van der Waals surface area contributed by atoms with Crippen molar-refractivity contribution >= 4 is 11.9 Å². The van der Waals surface area contributed by atoms with Crippen LogP contribution in [0, 0.1) is 6.92 Å². The first-order chi connectivity index (χ1) is 12.6. The number of carbonyl (C=O) groups is 2. The Hall–Kier alpha value is -3.28. The van der Waals surface area contributed by atoms with Crippen LogP contribution in [0.1, 0.15) is 21.6 Å². The van der Waals surface area contributed by atoms with Gasteiger partial charge in [-0.3, -0.25) is 4.79 Å². The van der Waals surface area contributed by atoms with Crippen LogP contribution >= 0.6 is 0 Å². The molecule has 3 rings (SSSR count). The number of esters is 1. The number of nitrogens with zero attached hydrogens (tertiary/aromatic N) is 1. The van der Waals surface area contributed by atoms with Crippen LogP contribution in [0.3, 0.4) is 0 Å². The summed E-state index contributed by atoms with van der Waals surface area (Å²) < 4.78 is 11.8. The fraction of sp³-hybridized carbons (Fsp3) is 0.200. The number of amides is 1. The molecule has 0 aliphatic heterocycles. The zero-order valence-corrected chi connectivity index (χ0v) is 14.7. The number of hydrogen-bond acceptors (Lipinski definition) is 4. The van der Waals surface area contributed by atoms with E-state index in [1.54, 1.807) is 35.1 Å². The fourth-order valence-electron chi connectivity index (χ4n) is 2.67. The standard InChI is InChI=1S/C20H20N2O4/c1-14-5-7-15(8-6-14)12-21-19(23)13-22-16(18-4-3-11-26-18)9-10-17(22)20(24)25-2/h3-11H,12-13H2,1-2H3,(H,21,23). The second-order valence-corrected chi connectivity index (χ2v) is 5.92. The van der Waals surface area contributed by atoms with E-state index < -0.39 is 5.97 Å². The van der Waals surface area contributed by atoms with Crippen LogP contribution in [0.2, 0.25) is 0 Å². The first-order valence-electron chi connectivity index (χ1n) is 8.22. The van der Waals surface area contributed by atoms with E-state index in [1.807, 2.05) is 31.2 Å². The molecule has 6 heteroatoms. The first kappa shape index (κ1) is 17.5. The van der Waals surface area contributed by atoms with Gasteiger partial charge in [-0.25, -0.2) is 4.79 Å². The van der Waals surface area contributed by atoms with Gasteiger partial charge < -0.3 is 19.0 Å². The lowest BCUT2D eigenvalue weighted by molar-refractivity contribution is -0.121. The molecule has 0 aliphatic rings. The van der Waals surface area contributed by atoms with Crippen LogP contribution in [0.25, 0.3) is 11.5 Å². The Morgan fingerprint density at radius 1 is 1.12 bits per heavy atom. The normalized spacial score (nSPS) is 10.5. The Labute approximate surface area is 151 Å². The van der Waals surface area contributed by atoms with E-state index in [2.05, 4.69) is 5.32 Å². The second-order valence-electron chi connectivity index (χ2n) is 5.92. The first-order valence-corrected chi connectivity index (χ1v) is 8.22. The molecular formula is C20H20N2O4. The molecule has 3 aromatic rings. The van der Waals surface area contributed by atoms with Gasteiger partial charge in [-0.1, -0.05) is 29.8 Å². The van der Waals surface area contributed by atoms with Crippen molar-refractivity contribution in [3.63, 3.8) is 0 Å². The summed E-state index contributed by atoms with van der Waals surface area (Å²) in [6, 6.07) is 14.8.